The predicted molar refractivity (Wildman–Crippen MR) is 88.6 cm³/mol. The van der Waals surface area contributed by atoms with Crippen molar-refractivity contribution in [3.05, 3.63) is 35.5 Å². The minimum Gasteiger partial charge on any atom is -0.354 e. The van der Waals surface area contributed by atoms with Gasteiger partial charge in [0, 0.05) is 37.0 Å². The Labute approximate surface area is 144 Å². The minimum atomic E-state index is -4.41. The molecule has 1 aliphatic heterocycles. The first-order valence-corrected chi connectivity index (χ1v) is 8.47. The van der Waals surface area contributed by atoms with Crippen LogP contribution in [-0.4, -0.2) is 32.8 Å². The molecule has 3 heterocycles. The third-order valence-corrected chi connectivity index (χ3v) is 4.37. The number of rotatable bonds is 3. The van der Waals surface area contributed by atoms with E-state index in [1.165, 1.54) is 10.9 Å². The molecule has 0 aromatic carbocycles. The maximum absolute atomic E-state index is 12.8. The van der Waals surface area contributed by atoms with Crippen molar-refractivity contribution >= 4 is 5.82 Å². The fourth-order valence-corrected chi connectivity index (χ4v) is 3.07. The van der Waals surface area contributed by atoms with E-state index < -0.39 is 11.9 Å². The molecule has 1 aliphatic rings. The molecule has 1 unspecified atom stereocenters. The molecule has 136 valence electrons. The third-order valence-electron chi connectivity index (χ3n) is 4.37. The maximum Gasteiger partial charge on any atom is 0.435 e. The molecule has 0 spiro atoms. The molecule has 5 nitrogen and oxygen atoms in total. The lowest BCUT2D eigenvalue weighted by Crippen LogP contribution is -2.37. The Morgan fingerprint density at radius 2 is 2.00 bits per heavy atom. The van der Waals surface area contributed by atoms with Gasteiger partial charge in [-0.25, -0.2) is 9.97 Å². The molecule has 0 saturated carbocycles. The van der Waals surface area contributed by atoms with Gasteiger partial charge >= 0.3 is 6.18 Å². The first-order valence-electron chi connectivity index (χ1n) is 8.47. The third kappa shape index (κ3) is 3.93. The molecule has 2 aromatic rings. The Bertz CT molecular complexity index is 738. The summed E-state index contributed by atoms with van der Waals surface area (Å²) in [5.41, 5.74) is 0.0545. The van der Waals surface area contributed by atoms with Crippen molar-refractivity contribution in [3.63, 3.8) is 0 Å². The zero-order valence-electron chi connectivity index (χ0n) is 14.6. The van der Waals surface area contributed by atoms with Crippen LogP contribution in [0, 0.1) is 6.92 Å². The van der Waals surface area contributed by atoms with Gasteiger partial charge < -0.3 is 4.90 Å². The number of hydrogen-bond donors (Lipinski definition) is 0. The van der Waals surface area contributed by atoms with Gasteiger partial charge in [-0.15, -0.1) is 0 Å². The summed E-state index contributed by atoms with van der Waals surface area (Å²) in [5, 5.41) is 3.73. The summed E-state index contributed by atoms with van der Waals surface area (Å²) in [5.74, 6) is 1.85. The molecule has 1 saturated heterocycles. The van der Waals surface area contributed by atoms with E-state index in [4.69, 9.17) is 0 Å². The lowest BCUT2D eigenvalue weighted by atomic mass is 10.1. The number of aromatic nitrogens is 4. The number of halogens is 3. The predicted octanol–water partition coefficient (Wildman–Crippen LogP) is 3.97. The van der Waals surface area contributed by atoms with Gasteiger partial charge in [0.25, 0.3) is 0 Å². The molecule has 1 fully saturated rings. The van der Waals surface area contributed by atoms with Crippen molar-refractivity contribution in [2.75, 3.05) is 18.0 Å². The van der Waals surface area contributed by atoms with E-state index in [0.717, 1.165) is 42.8 Å². The van der Waals surface area contributed by atoms with E-state index in [9.17, 15) is 13.2 Å². The van der Waals surface area contributed by atoms with Crippen LogP contribution in [0.2, 0.25) is 0 Å². The normalized spacial score (nSPS) is 18.8. The fraction of sp³-hybridized carbons (Fsp3) is 0.588. The van der Waals surface area contributed by atoms with Gasteiger partial charge in [-0.05, 0) is 25.8 Å². The standard InChI is InChI=1S/C17H22F3N5/c1-11(2)16-21-12(3)9-15(22-16)24-7-4-5-13(10-24)25-8-6-14(23-25)17(18,19)20/h6,8-9,11,13H,4-5,7,10H2,1-3H3. The van der Waals surface area contributed by atoms with Gasteiger partial charge in [0.1, 0.15) is 11.6 Å². The molecule has 0 N–H and O–H groups in total. The van der Waals surface area contributed by atoms with Crippen LogP contribution < -0.4 is 4.90 Å². The van der Waals surface area contributed by atoms with Gasteiger partial charge in [0.2, 0.25) is 0 Å². The van der Waals surface area contributed by atoms with Crippen molar-refractivity contribution in [2.24, 2.45) is 0 Å². The summed E-state index contributed by atoms with van der Waals surface area (Å²) >= 11 is 0. The highest BCUT2D eigenvalue weighted by Gasteiger charge is 2.34. The molecular formula is C17H22F3N5. The highest BCUT2D eigenvalue weighted by atomic mass is 19.4. The molecule has 0 aliphatic carbocycles. The zero-order chi connectivity index (χ0) is 18.2. The highest BCUT2D eigenvalue weighted by Crippen LogP contribution is 2.30. The smallest absolute Gasteiger partial charge is 0.354 e. The summed E-state index contributed by atoms with van der Waals surface area (Å²) in [6.07, 6.45) is -1.31. The summed E-state index contributed by atoms with van der Waals surface area (Å²) < 4.78 is 39.8. The lowest BCUT2D eigenvalue weighted by Gasteiger charge is -2.34. The van der Waals surface area contributed by atoms with Gasteiger partial charge in [0.15, 0.2) is 5.69 Å². The summed E-state index contributed by atoms with van der Waals surface area (Å²) in [7, 11) is 0. The minimum absolute atomic E-state index is 0.0948. The van der Waals surface area contributed by atoms with Crippen molar-refractivity contribution in [2.45, 2.75) is 51.7 Å². The van der Waals surface area contributed by atoms with E-state index in [1.807, 2.05) is 26.8 Å². The number of hydrogen-bond acceptors (Lipinski definition) is 4. The van der Waals surface area contributed by atoms with Crippen molar-refractivity contribution in [3.8, 4) is 0 Å². The maximum atomic E-state index is 12.8. The van der Waals surface area contributed by atoms with E-state index >= 15 is 0 Å². The number of nitrogens with zero attached hydrogens (tertiary/aromatic N) is 5. The van der Waals surface area contributed by atoms with E-state index in [-0.39, 0.29) is 12.0 Å². The monoisotopic (exact) mass is 353 g/mol. The van der Waals surface area contributed by atoms with Crippen LogP contribution in [0.5, 0.6) is 0 Å². The van der Waals surface area contributed by atoms with Gasteiger partial charge in [-0.3, -0.25) is 4.68 Å². The molecule has 0 bridgehead atoms. The summed E-state index contributed by atoms with van der Waals surface area (Å²) in [6.45, 7) is 7.44. The van der Waals surface area contributed by atoms with Crippen molar-refractivity contribution < 1.29 is 13.2 Å². The van der Waals surface area contributed by atoms with Gasteiger partial charge in [0.05, 0.1) is 6.04 Å². The average Bonchev–Trinajstić information content (AvgIpc) is 3.04. The van der Waals surface area contributed by atoms with E-state index in [1.54, 1.807) is 0 Å². The molecule has 0 radical (unpaired) electrons. The molecule has 3 rings (SSSR count). The summed E-state index contributed by atoms with van der Waals surface area (Å²) in [6, 6.07) is 2.87. The number of aryl methyl sites for hydroxylation is 1. The van der Waals surface area contributed by atoms with E-state index in [2.05, 4.69) is 20.0 Å². The number of alkyl halides is 3. The van der Waals surface area contributed by atoms with Crippen LogP contribution in [0.15, 0.2) is 18.3 Å². The van der Waals surface area contributed by atoms with Gasteiger partial charge in [-0.2, -0.15) is 18.3 Å². The van der Waals surface area contributed by atoms with Crippen LogP contribution in [0.1, 0.15) is 55.9 Å². The molecular weight excluding hydrogens is 331 g/mol. The topological polar surface area (TPSA) is 46.8 Å². The van der Waals surface area contributed by atoms with Crippen LogP contribution in [0.25, 0.3) is 0 Å². The summed E-state index contributed by atoms with van der Waals surface area (Å²) in [4.78, 5) is 11.2. The van der Waals surface area contributed by atoms with Crippen molar-refractivity contribution in [1.82, 2.24) is 19.7 Å². The molecule has 2 aromatic heterocycles. The number of piperidine rings is 1. The highest BCUT2D eigenvalue weighted by molar-refractivity contribution is 5.40. The second-order valence-electron chi connectivity index (χ2n) is 6.80. The van der Waals surface area contributed by atoms with Crippen LogP contribution >= 0.6 is 0 Å². The largest absolute Gasteiger partial charge is 0.435 e. The lowest BCUT2D eigenvalue weighted by molar-refractivity contribution is -0.141. The second-order valence-corrected chi connectivity index (χ2v) is 6.80. The van der Waals surface area contributed by atoms with Crippen LogP contribution in [0.3, 0.4) is 0 Å². The van der Waals surface area contributed by atoms with Crippen LogP contribution in [-0.2, 0) is 6.18 Å². The first kappa shape index (κ1) is 17.7. The number of anilines is 1. The first-order chi connectivity index (χ1) is 11.7. The Balaban J connectivity index is 1.81. The quantitative estimate of drug-likeness (QED) is 0.838. The SMILES string of the molecule is Cc1cc(N2CCCC(n3ccc(C(F)(F)F)n3)C2)nc(C(C)C)n1. The zero-order valence-corrected chi connectivity index (χ0v) is 14.6. The Kier molecular flexibility index (Phi) is 4.71. The molecule has 0 amide bonds. The molecule has 8 heteroatoms. The van der Waals surface area contributed by atoms with Crippen molar-refractivity contribution in [1.29, 1.82) is 0 Å². The Morgan fingerprint density at radius 3 is 2.64 bits per heavy atom. The van der Waals surface area contributed by atoms with Crippen LogP contribution in [0.4, 0.5) is 19.0 Å². The Hall–Kier alpha value is -2.12. The fourth-order valence-electron chi connectivity index (χ4n) is 3.07. The Morgan fingerprint density at radius 1 is 1.24 bits per heavy atom. The van der Waals surface area contributed by atoms with Gasteiger partial charge in [-0.1, -0.05) is 13.8 Å². The average molecular weight is 353 g/mol. The second kappa shape index (κ2) is 6.65. The molecule has 25 heavy (non-hydrogen) atoms. The van der Waals surface area contributed by atoms with E-state index in [0.29, 0.717) is 6.54 Å². The molecule has 1 atom stereocenters.